The second-order valence-corrected chi connectivity index (χ2v) is 6.56. The number of aryl methyl sites for hydroxylation is 1. The van der Waals surface area contributed by atoms with Crippen LogP contribution in [0.25, 0.3) is 0 Å². The molecule has 0 spiro atoms. The third-order valence-corrected chi connectivity index (χ3v) is 4.86. The van der Waals surface area contributed by atoms with Crippen molar-refractivity contribution in [3.8, 4) is 5.75 Å². The van der Waals surface area contributed by atoms with Gasteiger partial charge in [-0.05, 0) is 44.5 Å². The molecule has 0 aromatic heterocycles. The first-order chi connectivity index (χ1) is 9.20. The Hall–Kier alpha value is -1.60. The van der Waals surface area contributed by atoms with Crippen LogP contribution in [0.1, 0.15) is 19.4 Å². The first-order valence-electron chi connectivity index (χ1n) is 6.08. The lowest BCUT2D eigenvalue weighted by Gasteiger charge is -2.24. The monoisotopic (exact) mass is 301 g/mol. The predicted molar refractivity (Wildman–Crippen MR) is 74.4 cm³/mol. The average Bonchev–Trinajstić information content (AvgIpc) is 2.35. The molecule has 0 atom stereocenters. The molecule has 0 bridgehead atoms. The van der Waals surface area contributed by atoms with E-state index >= 15 is 0 Å². The summed E-state index contributed by atoms with van der Waals surface area (Å²) in [5.41, 5.74) is 0.674. The molecule has 0 heterocycles. The molecule has 1 aromatic carbocycles. The van der Waals surface area contributed by atoms with Gasteiger partial charge in [0.15, 0.2) is 0 Å². The van der Waals surface area contributed by atoms with Crippen LogP contribution < -0.4 is 4.74 Å². The molecule has 7 heteroatoms. The van der Waals surface area contributed by atoms with Crippen LogP contribution in [0.4, 0.5) is 0 Å². The standard InChI is InChI=1S/C13H19NO5S/c1-9(2)14(8-13(15)16)20(17,18)11-5-6-12(19-4)10(3)7-11/h5-7,9H,8H2,1-4H3,(H,15,16). The van der Waals surface area contributed by atoms with Gasteiger partial charge in [0.25, 0.3) is 0 Å². The van der Waals surface area contributed by atoms with Crippen molar-refractivity contribution < 1.29 is 23.1 Å². The highest BCUT2D eigenvalue weighted by Gasteiger charge is 2.29. The summed E-state index contributed by atoms with van der Waals surface area (Å²) in [6.07, 6.45) is 0. The van der Waals surface area contributed by atoms with Crippen molar-refractivity contribution in [3.63, 3.8) is 0 Å². The van der Waals surface area contributed by atoms with Gasteiger partial charge in [0, 0.05) is 6.04 Å². The van der Waals surface area contributed by atoms with E-state index in [1.165, 1.54) is 19.2 Å². The fraction of sp³-hybridized carbons (Fsp3) is 0.462. The number of benzene rings is 1. The Labute approximate surface area is 119 Å². The van der Waals surface area contributed by atoms with E-state index in [1.54, 1.807) is 26.8 Å². The highest BCUT2D eigenvalue weighted by molar-refractivity contribution is 7.89. The summed E-state index contributed by atoms with van der Waals surface area (Å²) in [6, 6.07) is 4.00. The number of ether oxygens (including phenoxy) is 1. The molecule has 0 aliphatic heterocycles. The van der Waals surface area contributed by atoms with Gasteiger partial charge in [-0.2, -0.15) is 4.31 Å². The van der Waals surface area contributed by atoms with Gasteiger partial charge in [-0.15, -0.1) is 0 Å². The number of carbonyl (C=O) groups is 1. The lowest BCUT2D eigenvalue weighted by atomic mass is 10.2. The number of hydrogen-bond acceptors (Lipinski definition) is 4. The minimum Gasteiger partial charge on any atom is -0.496 e. The third kappa shape index (κ3) is 3.49. The molecule has 6 nitrogen and oxygen atoms in total. The average molecular weight is 301 g/mol. The van der Waals surface area contributed by atoms with Crippen molar-refractivity contribution in [1.29, 1.82) is 0 Å². The molecule has 20 heavy (non-hydrogen) atoms. The first-order valence-corrected chi connectivity index (χ1v) is 7.52. The molecule has 1 rings (SSSR count). The van der Waals surface area contributed by atoms with E-state index in [-0.39, 0.29) is 4.90 Å². The molecular weight excluding hydrogens is 282 g/mol. The number of rotatable bonds is 6. The van der Waals surface area contributed by atoms with Crippen LogP contribution in [-0.4, -0.2) is 43.5 Å². The zero-order valence-corrected chi connectivity index (χ0v) is 12.8. The lowest BCUT2D eigenvalue weighted by molar-refractivity contribution is -0.137. The van der Waals surface area contributed by atoms with Crippen molar-refractivity contribution in [2.75, 3.05) is 13.7 Å². The lowest BCUT2D eigenvalue weighted by Crippen LogP contribution is -2.40. The van der Waals surface area contributed by atoms with Crippen molar-refractivity contribution in [2.45, 2.75) is 31.7 Å². The molecule has 0 fully saturated rings. The molecule has 0 saturated carbocycles. The number of aliphatic carboxylic acids is 1. The minimum absolute atomic E-state index is 0.0609. The second-order valence-electron chi connectivity index (χ2n) is 4.67. The maximum absolute atomic E-state index is 12.5. The maximum Gasteiger partial charge on any atom is 0.318 e. The zero-order chi connectivity index (χ0) is 15.5. The fourth-order valence-corrected chi connectivity index (χ4v) is 3.50. The summed E-state index contributed by atoms with van der Waals surface area (Å²) in [5, 5.41) is 8.85. The van der Waals surface area contributed by atoms with Crippen LogP contribution in [0.15, 0.2) is 23.1 Å². The van der Waals surface area contributed by atoms with E-state index in [4.69, 9.17) is 9.84 Å². The van der Waals surface area contributed by atoms with Crippen LogP contribution in [0, 0.1) is 6.92 Å². The fourth-order valence-electron chi connectivity index (χ4n) is 1.83. The Kier molecular flexibility index (Phi) is 5.13. The quantitative estimate of drug-likeness (QED) is 0.860. The van der Waals surface area contributed by atoms with E-state index in [1.807, 2.05) is 0 Å². The molecule has 0 aliphatic carbocycles. The Morgan fingerprint density at radius 1 is 1.40 bits per heavy atom. The Morgan fingerprint density at radius 2 is 2.00 bits per heavy atom. The number of carboxylic acid groups (broad SMARTS) is 1. The van der Waals surface area contributed by atoms with Crippen LogP contribution in [-0.2, 0) is 14.8 Å². The smallest absolute Gasteiger partial charge is 0.318 e. The summed E-state index contributed by atoms with van der Waals surface area (Å²) in [7, 11) is -2.34. The maximum atomic E-state index is 12.5. The van der Waals surface area contributed by atoms with Crippen molar-refractivity contribution in [1.82, 2.24) is 4.31 Å². The number of nitrogens with zero attached hydrogens (tertiary/aromatic N) is 1. The van der Waals surface area contributed by atoms with Gasteiger partial charge in [-0.1, -0.05) is 0 Å². The van der Waals surface area contributed by atoms with Gasteiger partial charge in [0.05, 0.1) is 12.0 Å². The Balaban J connectivity index is 3.26. The van der Waals surface area contributed by atoms with Crippen molar-refractivity contribution in [3.05, 3.63) is 23.8 Å². The highest BCUT2D eigenvalue weighted by Crippen LogP contribution is 2.24. The minimum atomic E-state index is -3.85. The Bertz CT molecular complexity index is 595. The normalized spacial score (nSPS) is 11.9. The first kappa shape index (κ1) is 16.5. The summed E-state index contributed by atoms with van der Waals surface area (Å²) >= 11 is 0. The summed E-state index contributed by atoms with van der Waals surface area (Å²) < 4.78 is 31.0. The topological polar surface area (TPSA) is 83.9 Å². The largest absolute Gasteiger partial charge is 0.496 e. The summed E-state index contributed by atoms with van der Waals surface area (Å²) in [6.45, 7) is 4.44. The van der Waals surface area contributed by atoms with E-state index < -0.39 is 28.6 Å². The van der Waals surface area contributed by atoms with E-state index in [2.05, 4.69) is 0 Å². The van der Waals surface area contributed by atoms with Gasteiger partial charge in [-0.3, -0.25) is 4.79 Å². The van der Waals surface area contributed by atoms with Gasteiger partial charge < -0.3 is 9.84 Å². The molecule has 0 aliphatic rings. The Morgan fingerprint density at radius 3 is 2.40 bits per heavy atom. The molecule has 112 valence electrons. The zero-order valence-electron chi connectivity index (χ0n) is 12.0. The molecule has 0 radical (unpaired) electrons. The van der Waals surface area contributed by atoms with Gasteiger partial charge in [0.2, 0.25) is 10.0 Å². The SMILES string of the molecule is COc1ccc(S(=O)(=O)N(CC(=O)O)C(C)C)cc1C. The van der Waals surface area contributed by atoms with Crippen LogP contribution in [0.2, 0.25) is 0 Å². The second kappa shape index (κ2) is 6.23. The molecule has 0 saturated heterocycles. The summed E-state index contributed by atoms with van der Waals surface area (Å²) in [4.78, 5) is 10.9. The molecule has 0 unspecified atom stereocenters. The number of sulfonamides is 1. The predicted octanol–water partition coefficient (Wildman–Crippen LogP) is 1.49. The molecule has 0 amide bonds. The van der Waals surface area contributed by atoms with Crippen LogP contribution in [0.3, 0.4) is 0 Å². The van der Waals surface area contributed by atoms with E-state index in [0.717, 1.165) is 4.31 Å². The van der Waals surface area contributed by atoms with Crippen LogP contribution >= 0.6 is 0 Å². The van der Waals surface area contributed by atoms with Gasteiger partial charge in [-0.25, -0.2) is 8.42 Å². The molecule has 1 N–H and O–H groups in total. The number of hydrogen-bond donors (Lipinski definition) is 1. The highest BCUT2D eigenvalue weighted by atomic mass is 32.2. The molecule has 1 aromatic rings. The summed E-state index contributed by atoms with van der Waals surface area (Å²) in [5.74, 6) is -0.606. The number of methoxy groups -OCH3 is 1. The third-order valence-electron chi connectivity index (χ3n) is 2.84. The van der Waals surface area contributed by atoms with Crippen molar-refractivity contribution in [2.24, 2.45) is 0 Å². The van der Waals surface area contributed by atoms with E-state index in [9.17, 15) is 13.2 Å². The van der Waals surface area contributed by atoms with Crippen LogP contribution in [0.5, 0.6) is 5.75 Å². The van der Waals surface area contributed by atoms with E-state index in [0.29, 0.717) is 11.3 Å². The number of carboxylic acids is 1. The van der Waals surface area contributed by atoms with Gasteiger partial charge in [0.1, 0.15) is 12.3 Å². The van der Waals surface area contributed by atoms with Crippen molar-refractivity contribution >= 4 is 16.0 Å². The molecular formula is C13H19NO5S. The van der Waals surface area contributed by atoms with Gasteiger partial charge >= 0.3 is 5.97 Å².